The Balaban J connectivity index is 2.18. The molecule has 18 heavy (non-hydrogen) atoms. The van der Waals surface area contributed by atoms with Crippen molar-refractivity contribution < 1.29 is 9.47 Å². The minimum absolute atomic E-state index is 0.0813. The number of nitrogens with zero attached hydrogens (tertiary/aromatic N) is 1. The third-order valence-corrected chi connectivity index (χ3v) is 3.30. The average molecular weight is 264 g/mol. The summed E-state index contributed by atoms with van der Waals surface area (Å²) >= 11 is 1.57. The van der Waals surface area contributed by atoms with Gasteiger partial charge in [-0.25, -0.2) is 4.98 Å². The highest BCUT2D eigenvalue weighted by molar-refractivity contribution is 7.09. The summed E-state index contributed by atoms with van der Waals surface area (Å²) in [6.45, 7) is 2.38. The van der Waals surface area contributed by atoms with Crippen LogP contribution in [-0.4, -0.2) is 12.1 Å². The standard InChI is InChI=1S/C13H16N2O2S/c1-9(14)11-4-3-10(16-2)7-12(11)17-8-13-15-5-6-18-13/h3-7,9H,8,14H2,1-2H3/t9-/m0/s1. The highest BCUT2D eigenvalue weighted by Crippen LogP contribution is 2.29. The Labute approximate surface area is 110 Å². The van der Waals surface area contributed by atoms with E-state index in [9.17, 15) is 0 Å². The number of rotatable bonds is 5. The Bertz CT molecular complexity index is 498. The number of benzene rings is 1. The molecule has 0 amide bonds. The molecule has 1 atom stereocenters. The number of methoxy groups -OCH3 is 1. The quantitative estimate of drug-likeness (QED) is 0.902. The Morgan fingerprint density at radius 3 is 2.89 bits per heavy atom. The van der Waals surface area contributed by atoms with E-state index in [0.717, 1.165) is 22.1 Å². The van der Waals surface area contributed by atoms with Crippen molar-refractivity contribution in [3.05, 3.63) is 40.3 Å². The van der Waals surface area contributed by atoms with Crippen LogP contribution in [0.4, 0.5) is 0 Å². The van der Waals surface area contributed by atoms with Crippen molar-refractivity contribution in [3.63, 3.8) is 0 Å². The van der Waals surface area contributed by atoms with Crippen LogP contribution in [-0.2, 0) is 6.61 Å². The molecule has 0 spiro atoms. The first kappa shape index (κ1) is 12.9. The zero-order valence-corrected chi connectivity index (χ0v) is 11.2. The Morgan fingerprint density at radius 1 is 1.44 bits per heavy atom. The zero-order valence-electron chi connectivity index (χ0n) is 10.4. The van der Waals surface area contributed by atoms with Crippen molar-refractivity contribution in [1.29, 1.82) is 0 Å². The van der Waals surface area contributed by atoms with E-state index in [1.54, 1.807) is 24.6 Å². The number of hydrogen-bond donors (Lipinski definition) is 1. The van der Waals surface area contributed by atoms with Crippen LogP contribution in [0.25, 0.3) is 0 Å². The van der Waals surface area contributed by atoms with Gasteiger partial charge in [-0.2, -0.15) is 0 Å². The Kier molecular flexibility index (Phi) is 4.17. The zero-order chi connectivity index (χ0) is 13.0. The molecule has 1 aromatic heterocycles. The summed E-state index contributed by atoms with van der Waals surface area (Å²) in [6.07, 6.45) is 1.77. The first-order chi connectivity index (χ1) is 8.70. The SMILES string of the molecule is COc1ccc([C@H](C)N)c(OCc2nccs2)c1. The van der Waals surface area contributed by atoms with Crippen molar-refractivity contribution in [3.8, 4) is 11.5 Å². The van der Waals surface area contributed by atoms with Gasteiger partial charge in [0.1, 0.15) is 23.1 Å². The molecule has 2 N–H and O–H groups in total. The number of thiazole rings is 1. The fourth-order valence-corrected chi connectivity index (χ4v) is 2.13. The van der Waals surface area contributed by atoms with Gasteiger partial charge in [-0.15, -0.1) is 11.3 Å². The predicted molar refractivity (Wildman–Crippen MR) is 72.0 cm³/mol. The first-order valence-corrected chi connectivity index (χ1v) is 6.53. The molecule has 0 aliphatic rings. The Morgan fingerprint density at radius 2 is 2.28 bits per heavy atom. The predicted octanol–water partition coefficient (Wildman–Crippen LogP) is 2.75. The van der Waals surface area contributed by atoms with E-state index in [1.165, 1.54) is 0 Å². The van der Waals surface area contributed by atoms with E-state index < -0.39 is 0 Å². The maximum atomic E-state index is 5.92. The molecule has 0 aliphatic carbocycles. The van der Waals surface area contributed by atoms with Gasteiger partial charge >= 0.3 is 0 Å². The van der Waals surface area contributed by atoms with E-state index in [2.05, 4.69) is 4.98 Å². The van der Waals surface area contributed by atoms with Crippen molar-refractivity contribution >= 4 is 11.3 Å². The molecule has 96 valence electrons. The van der Waals surface area contributed by atoms with Crippen LogP contribution in [0, 0.1) is 0 Å². The second-order valence-corrected chi connectivity index (χ2v) is 4.89. The molecule has 0 bridgehead atoms. The van der Waals surface area contributed by atoms with Crippen LogP contribution in [0.1, 0.15) is 23.5 Å². The highest BCUT2D eigenvalue weighted by Gasteiger charge is 2.10. The van der Waals surface area contributed by atoms with Gasteiger partial charge < -0.3 is 15.2 Å². The molecular weight excluding hydrogens is 248 g/mol. The molecule has 0 unspecified atom stereocenters. The molecule has 1 aromatic carbocycles. The maximum absolute atomic E-state index is 5.92. The largest absolute Gasteiger partial charge is 0.497 e. The van der Waals surface area contributed by atoms with E-state index in [1.807, 2.05) is 30.5 Å². The van der Waals surface area contributed by atoms with Gasteiger partial charge in [-0.3, -0.25) is 0 Å². The van der Waals surface area contributed by atoms with Crippen LogP contribution < -0.4 is 15.2 Å². The van der Waals surface area contributed by atoms with E-state index in [4.69, 9.17) is 15.2 Å². The van der Waals surface area contributed by atoms with E-state index in [0.29, 0.717) is 6.61 Å². The minimum atomic E-state index is -0.0813. The number of nitrogens with two attached hydrogens (primary N) is 1. The van der Waals surface area contributed by atoms with Crippen LogP contribution in [0.15, 0.2) is 29.8 Å². The van der Waals surface area contributed by atoms with E-state index >= 15 is 0 Å². The summed E-state index contributed by atoms with van der Waals surface area (Å²) in [7, 11) is 1.63. The molecule has 2 rings (SSSR count). The minimum Gasteiger partial charge on any atom is -0.497 e. The van der Waals surface area contributed by atoms with Crippen molar-refractivity contribution in [2.24, 2.45) is 5.73 Å². The highest BCUT2D eigenvalue weighted by atomic mass is 32.1. The van der Waals surface area contributed by atoms with Gasteiger partial charge in [0.15, 0.2) is 0 Å². The fourth-order valence-electron chi connectivity index (χ4n) is 1.61. The first-order valence-electron chi connectivity index (χ1n) is 5.65. The molecule has 0 radical (unpaired) electrons. The topological polar surface area (TPSA) is 57.4 Å². The van der Waals surface area contributed by atoms with Gasteiger partial charge in [-0.05, 0) is 13.0 Å². The normalized spacial score (nSPS) is 12.2. The lowest BCUT2D eigenvalue weighted by Crippen LogP contribution is -2.08. The van der Waals surface area contributed by atoms with Crippen LogP contribution in [0.3, 0.4) is 0 Å². The van der Waals surface area contributed by atoms with E-state index in [-0.39, 0.29) is 6.04 Å². The van der Waals surface area contributed by atoms with Gasteiger partial charge in [0.25, 0.3) is 0 Å². The molecule has 1 heterocycles. The summed E-state index contributed by atoms with van der Waals surface area (Å²) in [5.74, 6) is 1.51. The molecule has 2 aromatic rings. The molecule has 4 nitrogen and oxygen atoms in total. The number of hydrogen-bond acceptors (Lipinski definition) is 5. The smallest absolute Gasteiger partial charge is 0.140 e. The van der Waals surface area contributed by atoms with Gasteiger partial charge in [-0.1, -0.05) is 6.07 Å². The van der Waals surface area contributed by atoms with Gasteiger partial charge in [0.05, 0.1) is 7.11 Å². The molecule has 0 saturated carbocycles. The second-order valence-electron chi connectivity index (χ2n) is 3.91. The molecule has 0 aliphatic heterocycles. The Hall–Kier alpha value is -1.59. The van der Waals surface area contributed by atoms with Crippen molar-refractivity contribution in [2.45, 2.75) is 19.6 Å². The third kappa shape index (κ3) is 3.00. The van der Waals surface area contributed by atoms with Crippen LogP contribution >= 0.6 is 11.3 Å². The van der Waals surface area contributed by atoms with Crippen molar-refractivity contribution in [2.75, 3.05) is 7.11 Å². The summed E-state index contributed by atoms with van der Waals surface area (Å²) in [5.41, 5.74) is 6.89. The summed E-state index contributed by atoms with van der Waals surface area (Å²) in [6, 6.07) is 5.59. The number of ether oxygens (including phenoxy) is 2. The van der Waals surface area contributed by atoms with Crippen LogP contribution in [0.2, 0.25) is 0 Å². The average Bonchev–Trinajstić information content (AvgIpc) is 2.88. The summed E-state index contributed by atoms with van der Waals surface area (Å²) in [5, 5.41) is 2.87. The second kappa shape index (κ2) is 5.84. The molecule has 5 heteroatoms. The van der Waals surface area contributed by atoms with Crippen molar-refractivity contribution in [1.82, 2.24) is 4.98 Å². The monoisotopic (exact) mass is 264 g/mol. The molecule has 0 saturated heterocycles. The van der Waals surface area contributed by atoms with Gasteiger partial charge in [0.2, 0.25) is 0 Å². The fraction of sp³-hybridized carbons (Fsp3) is 0.308. The third-order valence-electron chi connectivity index (χ3n) is 2.55. The summed E-state index contributed by atoms with van der Waals surface area (Å²) in [4.78, 5) is 4.18. The number of aromatic nitrogens is 1. The lowest BCUT2D eigenvalue weighted by molar-refractivity contribution is 0.298. The van der Waals surface area contributed by atoms with Gasteiger partial charge in [0, 0.05) is 29.2 Å². The van der Waals surface area contributed by atoms with Crippen LogP contribution in [0.5, 0.6) is 11.5 Å². The lowest BCUT2D eigenvalue weighted by Gasteiger charge is -2.14. The maximum Gasteiger partial charge on any atom is 0.140 e. The molecule has 0 fully saturated rings. The lowest BCUT2D eigenvalue weighted by atomic mass is 10.1. The summed E-state index contributed by atoms with van der Waals surface area (Å²) < 4.78 is 11.0. The molecular formula is C13H16N2O2S.